The van der Waals surface area contributed by atoms with Crippen LogP contribution >= 0.6 is 0 Å². The van der Waals surface area contributed by atoms with Crippen LogP contribution in [0.15, 0.2) is 0 Å². The van der Waals surface area contributed by atoms with Gasteiger partial charge in [-0.2, -0.15) is 0 Å². The van der Waals surface area contributed by atoms with Crippen LogP contribution in [0.2, 0.25) is 0 Å². The smallest absolute Gasteiger partial charge is 0.409 e. The lowest BCUT2D eigenvalue weighted by molar-refractivity contribution is -0.869. The van der Waals surface area contributed by atoms with E-state index in [2.05, 4.69) is 33.4 Å². The van der Waals surface area contributed by atoms with E-state index in [1.165, 1.54) is 97.0 Å². The molecule has 240 valence electrons. The fourth-order valence-corrected chi connectivity index (χ4v) is 4.43. The molecule has 40 heavy (non-hydrogen) atoms. The molecule has 0 aliphatic rings. The maximum atomic E-state index is 12.4. The largest absolute Gasteiger partial charge is 1.00 e. The molecule has 0 aromatic heterocycles. The van der Waals surface area contributed by atoms with Gasteiger partial charge in [0.25, 0.3) is 0 Å². The van der Waals surface area contributed by atoms with Crippen LogP contribution in [0, 0.1) is 0 Å². The van der Waals surface area contributed by atoms with Gasteiger partial charge in [-0.1, -0.05) is 103 Å². The maximum Gasteiger partial charge on any atom is 0.409 e. The van der Waals surface area contributed by atoms with Gasteiger partial charge in [-0.25, -0.2) is 9.59 Å². The number of hydrogen-bond acceptors (Lipinski definition) is 5. The van der Waals surface area contributed by atoms with Gasteiger partial charge in [-0.05, 0) is 13.3 Å². The van der Waals surface area contributed by atoms with E-state index in [-0.39, 0.29) is 25.1 Å². The van der Waals surface area contributed by atoms with Crippen molar-refractivity contribution in [3.05, 3.63) is 0 Å². The zero-order valence-corrected chi connectivity index (χ0v) is 27.9. The summed E-state index contributed by atoms with van der Waals surface area (Å²) in [6.07, 6.45) is 19.3. The monoisotopic (exact) mass is 593 g/mol. The second-order valence-corrected chi connectivity index (χ2v) is 12.1. The summed E-state index contributed by atoms with van der Waals surface area (Å²) >= 11 is 0. The number of carbonyl (C=O) groups is 2. The first-order valence-corrected chi connectivity index (χ1v) is 15.8. The molecule has 1 N–H and O–H groups in total. The lowest BCUT2D eigenvalue weighted by Gasteiger charge is -2.25. The highest BCUT2D eigenvalue weighted by molar-refractivity contribution is 5.67. The van der Waals surface area contributed by atoms with E-state index in [1.807, 2.05) is 0 Å². The Morgan fingerprint density at radius 3 is 1.68 bits per heavy atom. The Labute approximate surface area is 253 Å². The first kappa shape index (κ1) is 40.9. The van der Waals surface area contributed by atoms with Crippen molar-refractivity contribution < 1.29 is 40.7 Å². The van der Waals surface area contributed by atoms with Crippen LogP contribution in [0.25, 0.3) is 0 Å². The molecule has 0 aromatic rings. The van der Waals surface area contributed by atoms with Gasteiger partial charge in [0.15, 0.2) is 0 Å². The van der Waals surface area contributed by atoms with E-state index in [4.69, 9.17) is 14.2 Å². The summed E-state index contributed by atoms with van der Waals surface area (Å²) in [5.74, 6) is 0. The molecule has 2 unspecified atom stereocenters. The predicted octanol–water partition coefficient (Wildman–Crippen LogP) is 4.16. The SMILES string of the molecule is CCCCCCCCCCCCCCCCCCN(C)C(=O)OCC(OC)C(C)OC(=O)NCC[N+](C)(C)C.[Cl-]. The number of carbonyl (C=O) groups excluding carboxylic acids is 2. The number of nitrogens with one attached hydrogen (secondary N) is 1. The predicted molar refractivity (Wildman–Crippen MR) is 161 cm³/mol. The summed E-state index contributed by atoms with van der Waals surface area (Å²) in [6, 6.07) is 0. The Morgan fingerprint density at radius 2 is 1.25 bits per heavy atom. The minimum atomic E-state index is -0.544. The molecule has 2 amide bonds. The number of nitrogens with zero attached hydrogens (tertiary/aromatic N) is 2. The Hall–Kier alpha value is -1.25. The van der Waals surface area contributed by atoms with Gasteiger partial charge in [0.2, 0.25) is 0 Å². The summed E-state index contributed by atoms with van der Waals surface area (Å²) in [5.41, 5.74) is 0. The quantitative estimate of drug-likeness (QED) is 0.127. The van der Waals surface area contributed by atoms with Gasteiger partial charge in [0, 0.05) is 20.7 Å². The number of methoxy groups -OCH3 is 1. The number of halogens is 1. The third-order valence-corrected chi connectivity index (χ3v) is 7.20. The van der Waals surface area contributed by atoms with Crippen LogP contribution in [0.3, 0.4) is 0 Å². The third kappa shape index (κ3) is 25.7. The van der Waals surface area contributed by atoms with E-state index < -0.39 is 18.3 Å². The molecule has 2 atom stereocenters. The molecular formula is C31H64ClN3O5. The van der Waals surface area contributed by atoms with E-state index in [0.717, 1.165) is 23.9 Å². The molecule has 0 saturated heterocycles. The van der Waals surface area contributed by atoms with E-state index in [0.29, 0.717) is 13.1 Å². The van der Waals surface area contributed by atoms with Crippen molar-refractivity contribution in [3.8, 4) is 0 Å². The highest BCUT2D eigenvalue weighted by Crippen LogP contribution is 2.14. The number of alkyl carbamates (subject to hydrolysis) is 1. The van der Waals surface area contributed by atoms with E-state index in [1.54, 1.807) is 18.9 Å². The number of unbranched alkanes of at least 4 members (excludes halogenated alkanes) is 15. The topological polar surface area (TPSA) is 77.1 Å². The lowest BCUT2D eigenvalue weighted by Crippen LogP contribution is -3.00. The Balaban J connectivity index is 0. The minimum Gasteiger partial charge on any atom is -1.00 e. The normalized spacial score (nSPS) is 12.8. The number of likely N-dealkylation sites (N-methyl/N-ethyl adjacent to an activating group) is 1. The maximum absolute atomic E-state index is 12.4. The molecule has 0 aliphatic heterocycles. The molecule has 0 aliphatic carbocycles. The molecule has 0 aromatic carbocycles. The number of quaternary nitrogens is 1. The number of ether oxygens (including phenoxy) is 3. The Kier molecular flexibility index (Phi) is 27.2. The molecule has 0 saturated carbocycles. The molecule has 0 bridgehead atoms. The van der Waals surface area contributed by atoms with Gasteiger partial charge >= 0.3 is 12.2 Å². The van der Waals surface area contributed by atoms with Crippen LogP contribution in [0.4, 0.5) is 9.59 Å². The Morgan fingerprint density at radius 1 is 0.800 bits per heavy atom. The summed E-state index contributed by atoms with van der Waals surface area (Å²) in [7, 11) is 9.46. The molecule has 9 heteroatoms. The second-order valence-electron chi connectivity index (χ2n) is 12.1. The zero-order chi connectivity index (χ0) is 29.4. The standard InChI is InChI=1S/C31H63N3O5.ClH/c1-8-9-10-11-12-13-14-15-16-17-18-19-20-21-22-23-25-33(3)31(36)38-27-29(37-7)28(2)39-30(35)32-24-26-34(4,5)6;/h28-29H,8-27H2,1-7H3;1H. The fraction of sp³-hybridized carbons (Fsp3) is 0.935. The van der Waals surface area contributed by atoms with Crippen LogP contribution in [0.1, 0.15) is 117 Å². The summed E-state index contributed by atoms with van der Waals surface area (Å²) in [5, 5.41) is 2.75. The van der Waals surface area contributed by atoms with E-state index in [9.17, 15) is 9.59 Å². The van der Waals surface area contributed by atoms with Crippen molar-refractivity contribution in [3.63, 3.8) is 0 Å². The van der Waals surface area contributed by atoms with Crippen LogP contribution in [-0.4, -0.2) is 95.3 Å². The highest BCUT2D eigenvalue weighted by Gasteiger charge is 2.23. The summed E-state index contributed by atoms with van der Waals surface area (Å²) in [4.78, 5) is 26.0. The van der Waals surface area contributed by atoms with Gasteiger partial charge in [0.1, 0.15) is 18.8 Å². The van der Waals surface area contributed by atoms with Crippen molar-refractivity contribution in [2.24, 2.45) is 0 Å². The van der Waals surface area contributed by atoms with Crippen LogP contribution < -0.4 is 17.7 Å². The van der Waals surface area contributed by atoms with Crippen LogP contribution in [-0.2, 0) is 14.2 Å². The van der Waals surface area contributed by atoms with Gasteiger partial charge in [-0.3, -0.25) is 0 Å². The third-order valence-electron chi connectivity index (χ3n) is 7.20. The minimum absolute atomic E-state index is 0. The molecule has 0 heterocycles. The average Bonchev–Trinajstić information content (AvgIpc) is 2.87. The average molecular weight is 594 g/mol. The fourth-order valence-electron chi connectivity index (χ4n) is 4.43. The first-order chi connectivity index (χ1) is 18.6. The molecule has 0 rings (SSSR count). The van der Waals surface area contributed by atoms with Crippen molar-refractivity contribution in [1.82, 2.24) is 10.2 Å². The number of hydrogen-bond donors (Lipinski definition) is 1. The second kappa shape index (κ2) is 26.6. The summed E-state index contributed by atoms with van der Waals surface area (Å²) < 4.78 is 16.9. The highest BCUT2D eigenvalue weighted by atomic mass is 35.5. The van der Waals surface area contributed by atoms with Gasteiger partial charge < -0.3 is 41.3 Å². The van der Waals surface area contributed by atoms with E-state index >= 15 is 0 Å². The van der Waals surface area contributed by atoms with Gasteiger partial charge in [-0.15, -0.1) is 0 Å². The molecule has 8 nitrogen and oxygen atoms in total. The molecule has 0 spiro atoms. The number of amides is 2. The van der Waals surface area contributed by atoms with Gasteiger partial charge in [0.05, 0.1) is 34.2 Å². The van der Waals surface area contributed by atoms with Crippen molar-refractivity contribution in [2.75, 3.05) is 61.5 Å². The molecular weight excluding hydrogens is 530 g/mol. The van der Waals surface area contributed by atoms with Crippen molar-refractivity contribution in [2.45, 2.75) is 129 Å². The van der Waals surface area contributed by atoms with Crippen LogP contribution in [0.5, 0.6) is 0 Å². The molecule has 0 radical (unpaired) electrons. The first-order valence-electron chi connectivity index (χ1n) is 15.8. The lowest BCUT2D eigenvalue weighted by atomic mass is 10.0. The Bertz CT molecular complexity index is 604. The number of rotatable bonds is 25. The molecule has 0 fully saturated rings. The van der Waals surface area contributed by atoms with Crippen molar-refractivity contribution >= 4 is 12.2 Å². The summed E-state index contributed by atoms with van der Waals surface area (Å²) in [6.45, 7) is 6.03. The van der Waals surface area contributed by atoms with Crippen molar-refractivity contribution in [1.29, 1.82) is 0 Å². The zero-order valence-electron chi connectivity index (χ0n) is 27.1.